The van der Waals surface area contributed by atoms with Crippen LogP contribution in [0.1, 0.15) is 84.0 Å². The first-order valence-electron chi connectivity index (χ1n) is 19.3. The van der Waals surface area contributed by atoms with Crippen molar-refractivity contribution in [2.24, 2.45) is 5.14 Å². The first-order valence-corrected chi connectivity index (χ1v) is 22.4. The van der Waals surface area contributed by atoms with Crippen LogP contribution in [-0.4, -0.2) is 94.3 Å². The number of aryl methyl sites for hydroxylation is 4. The molecule has 2 aliphatic heterocycles. The average molecular weight is 827 g/mol. The molecule has 56 heavy (non-hydrogen) atoms. The molecule has 308 valence electrons. The van der Waals surface area contributed by atoms with Gasteiger partial charge in [-0.05, 0) is 135 Å². The zero-order valence-corrected chi connectivity index (χ0v) is 33.3. The van der Waals surface area contributed by atoms with E-state index in [1.54, 1.807) is 0 Å². The lowest BCUT2D eigenvalue weighted by atomic mass is 9.99. The number of nitriles is 1. The van der Waals surface area contributed by atoms with Crippen molar-refractivity contribution in [1.82, 2.24) is 14.5 Å². The Labute approximate surface area is 326 Å². The van der Waals surface area contributed by atoms with E-state index >= 15 is 0 Å². The molecule has 8 rings (SSSR count). The fourth-order valence-electron chi connectivity index (χ4n) is 8.58. The standard InChI is InChI=1S/C19H25F2N3O3S.C13H13NO.C6H12F2N2O2S/c1-11(18(20)21)24-9-14(10-24)28(26,27)23-19(25)22-17-15-6-2-4-12(15)8-13-5-3-7-16(13)17;14-8-15-13-11-5-1-3-9(11)7-10-4-2-6-12(10)13;1-4(6(7)8)10-2-5(3-10)13(9,11)12/h8,11,14,18H,2-7,9-10H2,1H3,(H2,22,23,25);7H,1-6H2;4-6H,2-3H2,1H3,(H2,9,11,12). The van der Waals surface area contributed by atoms with Crippen LogP contribution < -0.4 is 19.9 Å². The molecule has 2 aromatic rings. The van der Waals surface area contributed by atoms with Gasteiger partial charge >= 0.3 is 6.03 Å². The van der Waals surface area contributed by atoms with Gasteiger partial charge < -0.3 is 10.1 Å². The van der Waals surface area contributed by atoms with Crippen molar-refractivity contribution in [2.45, 2.75) is 126 Å². The van der Waals surface area contributed by atoms with Crippen molar-refractivity contribution >= 4 is 31.8 Å². The highest BCUT2D eigenvalue weighted by Gasteiger charge is 2.43. The average Bonchev–Trinajstić information content (AvgIpc) is 3.90. The number of amides is 2. The summed E-state index contributed by atoms with van der Waals surface area (Å²) < 4.78 is 103. The molecular weight excluding hydrogens is 777 g/mol. The number of anilines is 1. The highest BCUT2D eigenvalue weighted by molar-refractivity contribution is 7.90. The van der Waals surface area contributed by atoms with E-state index in [2.05, 4.69) is 22.2 Å². The van der Waals surface area contributed by atoms with Crippen LogP contribution in [0.15, 0.2) is 12.1 Å². The van der Waals surface area contributed by atoms with Gasteiger partial charge in [0.2, 0.25) is 20.0 Å². The number of sulfonamides is 2. The molecule has 0 radical (unpaired) electrons. The molecule has 2 fully saturated rings. The molecule has 2 aromatic carbocycles. The molecule has 0 spiro atoms. The molecule has 2 atom stereocenters. The lowest BCUT2D eigenvalue weighted by Gasteiger charge is -2.41. The van der Waals surface area contributed by atoms with E-state index < -0.39 is 61.5 Å². The molecule has 2 saturated heterocycles. The van der Waals surface area contributed by atoms with Gasteiger partial charge in [-0.15, -0.1) is 5.26 Å². The smallest absolute Gasteiger partial charge is 0.332 e. The van der Waals surface area contributed by atoms with Gasteiger partial charge in [-0.3, -0.25) is 9.80 Å². The van der Waals surface area contributed by atoms with Crippen LogP contribution >= 0.6 is 0 Å². The number of hydrogen-bond donors (Lipinski definition) is 3. The number of nitrogens with one attached hydrogen (secondary N) is 2. The van der Waals surface area contributed by atoms with E-state index in [0.29, 0.717) is 0 Å². The van der Waals surface area contributed by atoms with E-state index in [1.165, 1.54) is 69.9 Å². The van der Waals surface area contributed by atoms with Crippen LogP contribution in [0.25, 0.3) is 0 Å². The predicted molar refractivity (Wildman–Crippen MR) is 203 cm³/mol. The number of benzene rings is 2. The normalized spacial score (nSPS) is 20.2. The number of likely N-dealkylation sites (tertiary alicyclic amines) is 2. The summed E-state index contributed by atoms with van der Waals surface area (Å²) in [6.45, 7) is 2.97. The first-order chi connectivity index (χ1) is 26.5. The minimum Gasteiger partial charge on any atom is -0.387 e. The number of urea groups is 1. The Morgan fingerprint density at radius 3 is 1.52 bits per heavy atom. The van der Waals surface area contributed by atoms with Crippen molar-refractivity contribution in [3.05, 3.63) is 56.6 Å². The first kappa shape index (κ1) is 42.1. The number of alkyl halides is 4. The maximum absolute atomic E-state index is 12.7. The quantitative estimate of drug-likeness (QED) is 0.241. The molecule has 2 amide bonds. The van der Waals surface area contributed by atoms with Gasteiger partial charge in [0.1, 0.15) is 16.2 Å². The maximum atomic E-state index is 12.7. The number of hydrogen-bond acceptors (Lipinski definition) is 9. The number of halogens is 4. The number of nitrogens with two attached hydrogens (primary N) is 1. The van der Waals surface area contributed by atoms with E-state index in [9.17, 15) is 39.2 Å². The summed E-state index contributed by atoms with van der Waals surface area (Å²) in [7, 11) is -7.46. The van der Waals surface area contributed by atoms with Crippen molar-refractivity contribution in [3.8, 4) is 12.0 Å². The summed E-state index contributed by atoms with van der Waals surface area (Å²) in [5.41, 5.74) is 10.9. The molecule has 0 aromatic heterocycles. The Morgan fingerprint density at radius 2 is 1.12 bits per heavy atom. The zero-order chi connectivity index (χ0) is 40.5. The summed E-state index contributed by atoms with van der Waals surface area (Å²) in [6, 6.07) is 1.93. The van der Waals surface area contributed by atoms with Crippen LogP contribution in [0.5, 0.6) is 5.75 Å². The molecule has 0 saturated carbocycles. The molecule has 0 bridgehead atoms. The van der Waals surface area contributed by atoms with E-state index in [4.69, 9.17) is 15.1 Å². The highest BCUT2D eigenvalue weighted by atomic mass is 32.2. The number of rotatable bonds is 9. The van der Waals surface area contributed by atoms with E-state index in [-0.39, 0.29) is 26.2 Å². The SMILES string of the molecule is CC(C(F)F)N1CC(S(=O)(=O)NC(=O)Nc2c3c(cc4c2CCC4)CCC3)C1.CC(C(F)F)N1CC(S(N)(=O)=O)C1.N#COc1c2c(cc3c1CCC3)CCC2. The number of primary sulfonamides is 1. The number of fused-ring (bicyclic) bond motifs is 4. The largest absolute Gasteiger partial charge is 0.387 e. The van der Waals surface area contributed by atoms with E-state index in [1.807, 2.05) is 6.26 Å². The summed E-state index contributed by atoms with van der Waals surface area (Å²) >= 11 is 0. The molecule has 6 aliphatic rings. The molecule has 2 unspecified atom stereocenters. The third-order valence-electron chi connectivity index (χ3n) is 12.0. The number of carbonyl (C=O) groups excluding carboxylic acids is 1. The third-order valence-corrected chi connectivity index (χ3v) is 14.9. The molecule has 12 nitrogen and oxygen atoms in total. The minimum absolute atomic E-state index is 0.00422. The maximum Gasteiger partial charge on any atom is 0.332 e. The Balaban J connectivity index is 0.000000159. The minimum atomic E-state index is -3.91. The second kappa shape index (κ2) is 17.2. The van der Waals surface area contributed by atoms with Crippen LogP contribution in [-0.2, 0) is 71.4 Å². The fourth-order valence-corrected chi connectivity index (χ4v) is 10.6. The third kappa shape index (κ3) is 9.12. The Kier molecular flexibility index (Phi) is 12.9. The summed E-state index contributed by atoms with van der Waals surface area (Å²) in [5, 5.41) is 14.8. The summed E-state index contributed by atoms with van der Waals surface area (Å²) in [4.78, 5) is 15.3. The summed E-state index contributed by atoms with van der Waals surface area (Å²) in [5.74, 6) is 0.903. The number of carbonyl (C=O) groups is 1. The number of ether oxygens (including phenoxy) is 1. The van der Waals surface area contributed by atoms with Gasteiger partial charge in [-0.25, -0.2) is 49.1 Å². The van der Waals surface area contributed by atoms with Crippen molar-refractivity contribution in [2.75, 3.05) is 31.5 Å². The molecular formula is C38H50F4N6O6S2. The predicted octanol–water partition coefficient (Wildman–Crippen LogP) is 4.59. The second-order valence-electron chi connectivity index (χ2n) is 15.6. The Hall–Kier alpha value is -3.50. The van der Waals surface area contributed by atoms with Gasteiger partial charge in [0.05, 0.1) is 12.1 Å². The van der Waals surface area contributed by atoms with Crippen LogP contribution in [0.4, 0.5) is 28.0 Å². The van der Waals surface area contributed by atoms with Gasteiger partial charge in [0, 0.05) is 31.9 Å². The fraction of sp³-hybridized carbons (Fsp3) is 0.632. The summed E-state index contributed by atoms with van der Waals surface area (Å²) in [6.07, 6.45) is 9.57. The second-order valence-corrected chi connectivity index (χ2v) is 19.4. The van der Waals surface area contributed by atoms with Crippen LogP contribution in [0.2, 0.25) is 0 Å². The molecule has 2 heterocycles. The van der Waals surface area contributed by atoms with E-state index in [0.717, 1.165) is 86.8 Å². The lowest BCUT2D eigenvalue weighted by Crippen LogP contribution is -2.62. The molecule has 18 heteroatoms. The number of nitrogens with zero attached hydrogens (tertiary/aromatic N) is 3. The van der Waals surface area contributed by atoms with Crippen molar-refractivity contribution < 1.29 is 43.9 Å². The monoisotopic (exact) mass is 826 g/mol. The zero-order valence-electron chi connectivity index (χ0n) is 31.6. The molecule has 4 aliphatic carbocycles. The topological polar surface area (TPSA) is 175 Å². The highest BCUT2D eigenvalue weighted by Crippen LogP contribution is 2.41. The molecule has 4 N–H and O–H groups in total. The van der Waals surface area contributed by atoms with Gasteiger partial charge in [0.25, 0.3) is 19.1 Å². The van der Waals surface area contributed by atoms with Crippen LogP contribution in [0, 0.1) is 11.5 Å². The van der Waals surface area contributed by atoms with Gasteiger partial charge in [-0.1, -0.05) is 12.1 Å². The Morgan fingerprint density at radius 1 is 0.732 bits per heavy atom. The van der Waals surface area contributed by atoms with Crippen molar-refractivity contribution in [3.63, 3.8) is 0 Å². The van der Waals surface area contributed by atoms with Gasteiger partial charge in [0.15, 0.2) is 0 Å². The van der Waals surface area contributed by atoms with Crippen molar-refractivity contribution in [1.29, 1.82) is 5.26 Å². The Bertz CT molecular complexity index is 2000. The van der Waals surface area contributed by atoms with Gasteiger partial charge in [-0.2, -0.15) is 0 Å². The van der Waals surface area contributed by atoms with Crippen LogP contribution in [0.3, 0.4) is 0 Å². The lowest BCUT2D eigenvalue weighted by molar-refractivity contribution is 0.00650.